The fourth-order valence-corrected chi connectivity index (χ4v) is 1.25. The van der Waals surface area contributed by atoms with Crippen LogP contribution in [0.25, 0.3) is 0 Å². The van der Waals surface area contributed by atoms with E-state index in [9.17, 15) is 4.79 Å². The Bertz CT molecular complexity index is 341. The molecule has 0 amide bonds. The van der Waals surface area contributed by atoms with Crippen molar-refractivity contribution in [1.29, 1.82) is 0 Å². The molecular weight excluding hydrogens is 182 g/mol. The maximum atomic E-state index is 10.7. The monoisotopic (exact) mass is 195 g/mol. The van der Waals surface area contributed by atoms with Gasteiger partial charge >= 0.3 is 5.97 Å². The van der Waals surface area contributed by atoms with E-state index in [1.807, 2.05) is 0 Å². The largest absolute Gasteiger partial charge is 0.480 e. The summed E-state index contributed by atoms with van der Waals surface area (Å²) in [6.45, 7) is 3.52. The zero-order chi connectivity index (χ0) is 10.7. The van der Waals surface area contributed by atoms with E-state index in [2.05, 4.69) is 9.97 Å². The number of hydrogen-bond acceptors (Lipinski definition) is 4. The van der Waals surface area contributed by atoms with Crippen LogP contribution in [-0.2, 0) is 4.79 Å². The van der Waals surface area contributed by atoms with Crippen molar-refractivity contribution in [2.75, 3.05) is 0 Å². The summed E-state index contributed by atoms with van der Waals surface area (Å²) in [4.78, 5) is 18.8. The highest BCUT2D eigenvalue weighted by atomic mass is 16.4. The van der Waals surface area contributed by atoms with Crippen LogP contribution in [-0.4, -0.2) is 27.1 Å². The molecule has 0 spiro atoms. The molecule has 0 aromatic carbocycles. The number of carboxylic acid groups (broad SMARTS) is 1. The average molecular weight is 195 g/mol. The molecule has 3 N–H and O–H groups in total. The highest BCUT2D eigenvalue weighted by molar-refractivity contribution is 5.74. The van der Waals surface area contributed by atoms with E-state index in [4.69, 9.17) is 10.8 Å². The van der Waals surface area contributed by atoms with Crippen molar-refractivity contribution in [2.45, 2.75) is 25.8 Å². The molecule has 0 aliphatic rings. The molecule has 1 aromatic heterocycles. The number of hydrogen-bond donors (Lipinski definition) is 2. The predicted molar refractivity (Wildman–Crippen MR) is 50.8 cm³/mol. The lowest BCUT2D eigenvalue weighted by Gasteiger charge is -2.16. The van der Waals surface area contributed by atoms with E-state index < -0.39 is 12.0 Å². The molecule has 5 nitrogen and oxygen atoms in total. The quantitative estimate of drug-likeness (QED) is 0.724. The van der Waals surface area contributed by atoms with Crippen LogP contribution in [0.4, 0.5) is 0 Å². The zero-order valence-corrected chi connectivity index (χ0v) is 8.14. The van der Waals surface area contributed by atoms with Gasteiger partial charge in [0.25, 0.3) is 0 Å². The van der Waals surface area contributed by atoms with Crippen molar-refractivity contribution in [2.24, 2.45) is 5.73 Å². The van der Waals surface area contributed by atoms with Crippen molar-refractivity contribution < 1.29 is 9.90 Å². The minimum absolute atomic E-state index is 0.332. The summed E-state index contributed by atoms with van der Waals surface area (Å²) in [5, 5.41) is 8.73. The van der Waals surface area contributed by atoms with Gasteiger partial charge in [-0.1, -0.05) is 6.92 Å². The van der Waals surface area contributed by atoms with Crippen molar-refractivity contribution >= 4 is 5.97 Å². The molecule has 1 rings (SSSR count). The van der Waals surface area contributed by atoms with Crippen molar-refractivity contribution in [3.05, 3.63) is 23.8 Å². The summed E-state index contributed by atoms with van der Waals surface area (Å²) in [5.74, 6) is -1.36. The molecule has 2 unspecified atom stereocenters. The van der Waals surface area contributed by atoms with Crippen LogP contribution in [0, 0.1) is 6.92 Å². The molecule has 0 radical (unpaired) electrons. The second kappa shape index (κ2) is 4.15. The molecule has 0 aliphatic carbocycles. The SMILES string of the molecule is Cc1nccnc1C(C)C(N)C(=O)O. The Hall–Kier alpha value is -1.49. The standard InChI is InChI=1S/C9H13N3O2/c1-5(7(10)9(13)14)8-6(2)11-3-4-12-8/h3-5,7H,10H2,1-2H3,(H,13,14). The van der Waals surface area contributed by atoms with Crippen molar-refractivity contribution in [3.8, 4) is 0 Å². The van der Waals surface area contributed by atoms with Crippen LogP contribution in [0.5, 0.6) is 0 Å². The van der Waals surface area contributed by atoms with E-state index in [0.29, 0.717) is 5.69 Å². The Kier molecular flexibility index (Phi) is 3.14. The highest BCUT2D eigenvalue weighted by Crippen LogP contribution is 2.17. The first-order valence-corrected chi connectivity index (χ1v) is 4.30. The zero-order valence-electron chi connectivity index (χ0n) is 8.14. The van der Waals surface area contributed by atoms with Crippen LogP contribution in [0.1, 0.15) is 24.2 Å². The van der Waals surface area contributed by atoms with Gasteiger partial charge in [-0.3, -0.25) is 14.8 Å². The lowest BCUT2D eigenvalue weighted by Crippen LogP contribution is -2.36. The molecule has 0 saturated carbocycles. The number of rotatable bonds is 3. The summed E-state index contributed by atoms with van der Waals surface area (Å²) >= 11 is 0. The van der Waals surface area contributed by atoms with Gasteiger partial charge in [0.15, 0.2) is 0 Å². The van der Waals surface area contributed by atoms with E-state index in [1.54, 1.807) is 20.0 Å². The number of aryl methyl sites for hydroxylation is 1. The van der Waals surface area contributed by atoms with E-state index in [-0.39, 0.29) is 5.92 Å². The third-order valence-electron chi connectivity index (χ3n) is 2.17. The van der Waals surface area contributed by atoms with Crippen LogP contribution in [0.3, 0.4) is 0 Å². The average Bonchev–Trinajstić information content (AvgIpc) is 2.16. The van der Waals surface area contributed by atoms with E-state index in [1.165, 1.54) is 6.20 Å². The van der Waals surface area contributed by atoms with Gasteiger partial charge < -0.3 is 10.8 Å². The van der Waals surface area contributed by atoms with Gasteiger partial charge in [-0.2, -0.15) is 0 Å². The second-order valence-corrected chi connectivity index (χ2v) is 3.18. The van der Waals surface area contributed by atoms with Gasteiger partial charge in [-0.05, 0) is 6.92 Å². The van der Waals surface area contributed by atoms with Gasteiger partial charge in [-0.25, -0.2) is 0 Å². The van der Waals surface area contributed by atoms with Gasteiger partial charge in [0.2, 0.25) is 0 Å². The number of nitrogens with two attached hydrogens (primary N) is 1. The molecule has 0 aliphatic heterocycles. The normalized spacial score (nSPS) is 14.8. The summed E-state index contributed by atoms with van der Waals surface area (Å²) in [5.41, 5.74) is 6.85. The molecule has 0 bridgehead atoms. The molecular formula is C9H13N3O2. The predicted octanol–water partition coefficient (Wildman–Crippen LogP) is 0.300. The van der Waals surface area contributed by atoms with Crippen molar-refractivity contribution in [3.63, 3.8) is 0 Å². The van der Waals surface area contributed by atoms with Crippen LogP contribution in [0.15, 0.2) is 12.4 Å². The Morgan fingerprint density at radius 2 is 2.07 bits per heavy atom. The van der Waals surface area contributed by atoms with Crippen LogP contribution < -0.4 is 5.73 Å². The molecule has 0 saturated heterocycles. The van der Waals surface area contributed by atoms with Gasteiger partial charge in [0, 0.05) is 18.3 Å². The molecule has 2 atom stereocenters. The van der Waals surface area contributed by atoms with Crippen LogP contribution in [0.2, 0.25) is 0 Å². The number of nitrogens with zero attached hydrogens (tertiary/aromatic N) is 2. The van der Waals surface area contributed by atoms with Gasteiger partial charge in [-0.15, -0.1) is 0 Å². The smallest absolute Gasteiger partial charge is 0.321 e. The van der Waals surface area contributed by atoms with Gasteiger partial charge in [0.1, 0.15) is 6.04 Å². The first kappa shape index (κ1) is 10.6. The maximum absolute atomic E-state index is 10.7. The number of carbonyl (C=O) groups is 1. The Balaban J connectivity index is 2.94. The highest BCUT2D eigenvalue weighted by Gasteiger charge is 2.23. The number of aliphatic carboxylic acids is 1. The molecule has 14 heavy (non-hydrogen) atoms. The third kappa shape index (κ3) is 2.05. The lowest BCUT2D eigenvalue weighted by atomic mass is 9.97. The van der Waals surface area contributed by atoms with E-state index >= 15 is 0 Å². The molecule has 5 heteroatoms. The molecule has 1 heterocycles. The summed E-state index contributed by atoms with van der Waals surface area (Å²) < 4.78 is 0. The topological polar surface area (TPSA) is 89.1 Å². The first-order chi connectivity index (χ1) is 6.54. The summed E-state index contributed by atoms with van der Waals surface area (Å²) in [7, 11) is 0. The molecule has 76 valence electrons. The Morgan fingerprint density at radius 3 is 2.57 bits per heavy atom. The maximum Gasteiger partial charge on any atom is 0.321 e. The second-order valence-electron chi connectivity index (χ2n) is 3.18. The minimum Gasteiger partial charge on any atom is -0.480 e. The van der Waals surface area contributed by atoms with E-state index in [0.717, 1.165) is 5.69 Å². The summed E-state index contributed by atoms with van der Waals surface area (Å²) in [6.07, 6.45) is 3.10. The van der Waals surface area contributed by atoms with Gasteiger partial charge in [0.05, 0.1) is 11.4 Å². The minimum atomic E-state index is -1.03. The van der Waals surface area contributed by atoms with Crippen LogP contribution >= 0.6 is 0 Å². The molecule has 1 aromatic rings. The lowest BCUT2D eigenvalue weighted by molar-refractivity contribution is -0.139. The molecule has 0 fully saturated rings. The summed E-state index contributed by atoms with van der Waals surface area (Å²) in [6, 6.07) is -0.939. The number of aromatic nitrogens is 2. The third-order valence-corrected chi connectivity index (χ3v) is 2.17. The Labute approximate surface area is 82.0 Å². The fourth-order valence-electron chi connectivity index (χ4n) is 1.25. The fraction of sp³-hybridized carbons (Fsp3) is 0.444. The van der Waals surface area contributed by atoms with Crippen molar-refractivity contribution in [1.82, 2.24) is 9.97 Å². The number of carboxylic acids is 1. The Morgan fingerprint density at radius 1 is 1.50 bits per heavy atom. The first-order valence-electron chi connectivity index (χ1n) is 4.30.